The molecule has 2 N–H and O–H groups in total. The van der Waals surface area contributed by atoms with E-state index in [0.29, 0.717) is 5.96 Å². The molecule has 3 rings (SSSR count). The molecule has 130 valence electrons. The van der Waals surface area contributed by atoms with Crippen LogP contribution >= 0.6 is 0 Å². The third-order valence-electron chi connectivity index (χ3n) is 4.56. The van der Waals surface area contributed by atoms with Crippen LogP contribution in [0.15, 0.2) is 40.9 Å². The fourth-order valence-corrected chi connectivity index (χ4v) is 3.05. The molecule has 0 bridgehead atoms. The summed E-state index contributed by atoms with van der Waals surface area (Å²) in [5.74, 6) is 0.426. The molecule has 1 fully saturated rings. The van der Waals surface area contributed by atoms with E-state index in [0.717, 1.165) is 64.5 Å². The van der Waals surface area contributed by atoms with E-state index >= 15 is 0 Å². The van der Waals surface area contributed by atoms with Gasteiger partial charge in [0.05, 0.1) is 13.2 Å². The Kier molecular flexibility index (Phi) is 5.69. The number of nitrogens with two attached hydrogens (primary N) is 1. The Hall–Kier alpha value is -2.08. The quantitative estimate of drug-likeness (QED) is 0.520. The van der Waals surface area contributed by atoms with Crippen molar-refractivity contribution in [2.45, 2.75) is 12.8 Å². The second kappa shape index (κ2) is 8.15. The van der Waals surface area contributed by atoms with Crippen molar-refractivity contribution in [3.63, 3.8) is 0 Å². The molecule has 0 unspecified atom stereocenters. The molecule has 0 atom stereocenters. The minimum absolute atomic E-state index is 0.201. The molecule has 1 aromatic carbocycles. The molecule has 2 heterocycles. The number of aliphatic imine (C=N–C) groups is 1. The highest BCUT2D eigenvalue weighted by atomic mass is 19.1. The molecule has 2 aliphatic rings. The number of hydrogen-bond acceptors (Lipinski definition) is 3. The lowest BCUT2D eigenvalue weighted by Gasteiger charge is -2.36. The predicted octanol–water partition coefficient (Wildman–Crippen LogP) is 2.00. The van der Waals surface area contributed by atoms with E-state index in [9.17, 15) is 4.39 Å². The van der Waals surface area contributed by atoms with Gasteiger partial charge in [-0.3, -0.25) is 4.99 Å². The largest absolute Gasteiger partial charge is 0.377 e. The zero-order chi connectivity index (χ0) is 16.8. The van der Waals surface area contributed by atoms with Gasteiger partial charge in [0.2, 0.25) is 0 Å². The van der Waals surface area contributed by atoms with Gasteiger partial charge in [-0.1, -0.05) is 11.6 Å². The predicted molar refractivity (Wildman–Crippen MR) is 94.8 cm³/mol. The van der Waals surface area contributed by atoms with Gasteiger partial charge in [-0.05, 0) is 37.1 Å². The first-order chi connectivity index (χ1) is 11.7. The van der Waals surface area contributed by atoms with Gasteiger partial charge < -0.3 is 20.3 Å². The number of ether oxygens (including phenoxy) is 1. The van der Waals surface area contributed by atoms with Gasteiger partial charge in [0.25, 0.3) is 0 Å². The van der Waals surface area contributed by atoms with Crippen molar-refractivity contribution in [2.24, 2.45) is 10.7 Å². The molecule has 0 aromatic heterocycles. The Bertz CT molecular complexity index is 592. The Morgan fingerprint density at radius 2 is 1.92 bits per heavy atom. The lowest BCUT2D eigenvalue weighted by molar-refractivity contribution is 0.153. The summed E-state index contributed by atoms with van der Waals surface area (Å²) >= 11 is 0. The molecule has 5 nitrogen and oxygen atoms in total. The van der Waals surface area contributed by atoms with Crippen LogP contribution in [0.1, 0.15) is 12.8 Å². The lowest BCUT2D eigenvalue weighted by Crippen LogP contribution is -2.51. The van der Waals surface area contributed by atoms with Crippen molar-refractivity contribution in [3.05, 3.63) is 41.7 Å². The maximum absolute atomic E-state index is 13.0. The second-order valence-corrected chi connectivity index (χ2v) is 6.13. The number of rotatable bonds is 4. The summed E-state index contributed by atoms with van der Waals surface area (Å²) in [7, 11) is 0. The van der Waals surface area contributed by atoms with Crippen molar-refractivity contribution >= 4 is 11.6 Å². The maximum Gasteiger partial charge on any atom is 0.191 e. The van der Waals surface area contributed by atoms with Crippen LogP contribution in [0.2, 0.25) is 0 Å². The van der Waals surface area contributed by atoms with Crippen molar-refractivity contribution in [1.82, 2.24) is 4.90 Å². The van der Waals surface area contributed by atoms with Crippen LogP contribution in [-0.2, 0) is 4.74 Å². The van der Waals surface area contributed by atoms with Crippen molar-refractivity contribution in [2.75, 3.05) is 50.8 Å². The zero-order valence-corrected chi connectivity index (χ0v) is 14.0. The Labute approximate surface area is 142 Å². The summed E-state index contributed by atoms with van der Waals surface area (Å²) in [6.45, 7) is 5.67. The minimum Gasteiger partial charge on any atom is -0.377 e. The fourth-order valence-electron chi connectivity index (χ4n) is 3.05. The summed E-state index contributed by atoms with van der Waals surface area (Å²) < 4.78 is 18.3. The van der Waals surface area contributed by atoms with E-state index in [1.165, 1.54) is 17.7 Å². The number of benzene rings is 1. The van der Waals surface area contributed by atoms with Crippen LogP contribution in [-0.4, -0.2) is 56.8 Å². The normalized spacial score (nSPS) is 19.4. The average Bonchev–Trinajstić information content (AvgIpc) is 2.63. The summed E-state index contributed by atoms with van der Waals surface area (Å²) in [6.07, 6.45) is 4.11. The van der Waals surface area contributed by atoms with E-state index in [1.807, 2.05) is 12.1 Å². The van der Waals surface area contributed by atoms with Crippen molar-refractivity contribution in [1.29, 1.82) is 0 Å². The number of guanidine groups is 1. The molecule has 2 aliphatic heterocycles. The van der Waals surface area contributed by atoms with Crippen LogP contribution in [0.5, 0.6) is 0 Å². The van der Waals surface area contributed by atoms with Gasteiger partial charge in [0.1, 0.15) is 5.82 Å². The molecule has 0 amide bonds. The van der Waals surface area contributed by atoms with Crippen LogP contribution in [0.3, 0.4) is 0 Å². The van der Waals surface area contributed by atoms with Gasteiger partial charge in [0.15, 0.2) is 5.96 Å². The molecule has 0 aliphatic carbocycles. The summed E-state index contributed by atoms with van der Waals surface area (Å²) in [5, 5.41) is 0. The standard InChI is InChI=1S/C18H25FN4O/c19-16-1-3-17(4-2-16)22-9-11-23(12-10-22)18(20)21-8-5-15-6-13-24-14-7-15/h1-4,6H,5,7-14H2,(H2,20,21). The molecule has 1 aromatic rings. The summed E-state index contributed by atoms with van der Waals surface area (Å²) in [4.78, 5) is 8.89. The number of halogens is 1. The number of nitrogens with zero attached hydrogens (tertiary/aromatic N) is 3. The highest BCUT2D eigenvalue weighted by Gasteiger charge is 2.18. The summed E-state index contributed by atoms with van der Waals surface area (Å²) in [6, 6.07) is 6.65. The maximum atomic E-state index is 13.0. The van der Waals surface area contributed by atoms with Crippen molar-refractivity contribution in [3.8, 4) is 0 Å². The third-order valence-corrected chi connectivity index (χ3v) is 4.56. The monoisotopic (exact) mass is 332 g/mol. The molecule has 1 saturated heterocycles. The summed E-state index contributed by atoms with van der Waals surface area (Å²) in [5.41, 5.74) is 8.60. The SMILES string of the molecule is NC(=NCCC1=CCOCC1)N1CCN(c2ccc(F)cc2)CC1. The molecular formula is C18H25FN4O. The van der Waals surface area contributed by atoms with E-state index in [-0.39, 0.29) is 5.82 Å². The zero-order valence-electron chi connectivity index (χ0n) is 14.0. The van der Waals surface area contributed by atoms with E-state index in [1.54, 1.807) is 0 Å². The van der Waals surface area contributed by atoms with Gasteiger partial charge in [-0.2, -0.15) is 0 Å². The van der Waals surface area contributed by atoms with Crippen LogP contribution in [0.25, 0.3) is 0 Å². The van der Waals surface area contributed by atoms with Crippen molar-refractivity contribution < 1.29 is 9.13 Å². The van der Waals surface area contributed by atoms with Crippen LogP contribution < -0.4 is 10.6 Å². The van der Waals surface area contributed by atoms with Gasteiger partial charge >= 0.3 is 0 Å². The first-order valence-electron chi connectivity index (χ1n) is 8.53. The Balaban J connectivity index is 1.45. The fraction of sp³-hybridized carbons (Fsp3) is 0.500. The third kappa shape index (κ3) is 4.47. The lowest BCUT2D eigenvalue weighted by atomic mass is 10.1. The number of piperazine rings is 1. The topological polar surface area (TPSA) is 54.1 Å². The number of anilines is 1. The Morgan fingerprint density at radius 1 is 1.17 bits per heavy atom. The van der Waals surface area contributed by atoms with E-state index < -0.39 is 0 Å². The molecule has 0 radical (unpaired) electrons. The van der Waals surface area contributed by atoms with Crippen LogP contribution in [0.4, 0.5) is 10.1 Å². The molecule has 24 heavy (non-hydrogen) atoms. The number of hydrogen-bond donors (Lipinski definition) is 1. The first kappa shape index (κ1) is 16.8. The van der Waals surface area contributed by atoms with Gasteiger partial charge in [-0.15, -0.1) is 0 Å². The molecule has 0 spiro atoms. The average molecular weight is 332 g/mol. The smallest absolute Gasteiger partial charge is 0.191 e. The second-order valence-electron chi connectivity index (χ2n) is 6.13. The van der Waals surface area contributed by atoms with Crippen LogP contribution in [0, 0.1) is 5.82 Å². The molecular weight excluding hydrogens is 307 g/mol. The first-order valence-corrected chi connectivity index (χ1v) is 8.53. The van der Waals surface area contributed by atoms with Gasteiger partial charge in [-0.25, -0.2) is 4.39 Å². The Morgan fingerprint density at radius 3 is 2.58 bits per heavy atom. The van der Waals surface area contributed by atoms with Gasteiger partial charge in [0, 0.05) is 38.4 Å². The minimum atomic E-state index is -0.201. The molecule has 6 heteroatoms. The van der Waals surface area contributed by atoms with E-state index in [2.05, 4.69) is 20.9 Å². The highest BCUT2D eigenvalue weighted by molar-refractivity contribution is 5.78. The highest BCUT2D eigenvalue weighted by Crippen LogP contribution is 2.17. The van der Waals surface area contributed by atoms with E-state index in [4.69, 9.17) is 10.5 Å². The molecule has 0 saturated carbocycles.